The molecule has 106 valence electrons. The van der Waals surface area contributed by atoms with Crippen LogP contribution >= 0.6 is 0 Å². The van der Waals surface area contributed by atoms with Crippen molar-refractivity contribution in [1.82, 2.24) is 4.90 Å². The summed E-state index contributed by atoms with van der Waals surface area (Å²) in [5.74, 6) is -4.63. The first-order chi connectivity index (χ1) is 7.93. The van der Waals surface area contributed by atoms with Gasteiger partial charge >= 0.3 is 18.4 Å². The van der Waals surface area contributed by atoms with Crippen molar-refractivity contribution < 1.29 is 31.9 Å². The topological polar surface area (TPSA) is 46.6 Å². The van der Waals surface area contributed by atoms with Crippen LogP contribution in [0.5, 0.6) is 0 Å². The number of carbonyl (C=O) groups excluding carboxylic acids is 2. The molecule has 0 bridgehead atoms. The van der Waals surface area contributed by atoms with E-state index in [1.807, 2.05) is 0 Å². The molecule has 0 saturated carbocycles. The number of carbonyl (C=O) groups is 2. The van der Waals surface area contributed by atoms with E-state index in [0.717, 1.165) is 7.05 Å². The van der Waals surface area contributed by atoms with Gasteiger partial charge in [0.2, 0.25) is 0 Å². The van der Waals surface area contributed by atoms with Gasteiger partial charge in [-0.05, 0) is 20.8 Å². The second-order valence-corrected chi connectivity index (χ2v) is 4.65. The van der Waals surface area contributed by atoms with Crippen LogP contribution in [-0.2, 0) is 9.53 Å². The van der Waals surface area contributed by atoms with Crippen LogP contribution in [0.2, 0.25) is 0 Å². The molecule has 0 aromatic carbocycles. The zero-order valence-corrected chi connectivity index (χ0v) is 10.4. The van der Waals surface area contributed by atoms with Crippen LogP contribution in [0.1, 0.15) is 20.8 Å². The highest BCUT2D eigenvalue weighted by Crippen LogP contribution is 2.29. The molecule has 0 saturated heterocycles. The minimum absolute atomic E-state index is 0.157. The van der Waals surface area contributed by atoms with Crippen LogP contribution in [0.3, 0.4) is 0 Å². The van der Waals surface area contributed by atoms with Crippen molar-refractivity contribution >= 4 is 12.4 Å². The molecule has 18 heavy (non-hydrogen) atoms. The fourth-order valence-corrected chi connectivity index (χ4v) is 1.02. The van der Waals surface area contributed by atoms with E-state index in [-0.39, 0.29) is 4.90 Å². The molecule has 0 spiro atoms. The summed E-state index contributed by atoms with van der Waals surface area (Å²) in [5, 5.41) is 0. The molecule has 0 aliphatic heterocycles. The molecular weight excluding hydrogens is 258 g/mol. The predicted molar refractivity (Wildman–Crippen MR) is 54.8 cm³/mol. The third-order valence-electron chi connectivity index (χ3n) is 1.91. The fourth-order valence-electron chi connectivity index (χ4n) is 1.02. The average Bonchev–Trinajstić information content (AvgIpc) is 2.15. The summed E-state index contributed by atoms with van der Waals surface area (Å²) in [5.41, 5.74) is -0.987. The first-order valence-corrected chi connectivity index (χ1v) is 5.00. The number of ether oxygens (including phenoxy) is 1. The Labute approximate surface area is 102 Å². The number of rotatable bonds is 4. The lowest BCUT2D eigenvalue weighted by Gasteiger charge is -2.31. The van der Waals surface area contributed by atoms with E-state index in [1.165, 1.54) is 20.8 Å². The van der Waals surface area contributed by atoms with E-state index in [4.69, 9.17) is 4.74 Å². The highest BCUT2D eigenvalue weighted by atomic mass is 19.3. The third-order valence-corrected chi connectivity index (χ3v) is 1.91. The lowest BCUT2D eigenvalue weighted by Crippen LogP contribution is -2.54. The Morgan fingerprint density at radius 2 is 1.72 bits per heavy atom. The minimum atomic E-state index is -4.63. The molecule has 0 heterocycles. The predicted octanol–water partition coefficient (Wildman–Crippen LogP) is 2.32. The maximum Gasteiger partial charge on any atom is 0.410 e. The minimum Gasteiger partial charge on any atom is -0.444 e. The van der Waals surface area contributed by atoms with Gasteiger partial charge in [-0.15, -0.1) is 0 Å². The van der Waals surface area contributed by atoms with Crippen LogP contribution in [0.4, 0.5) is 22.4 Å². The second-order valence-electron chi connectivity index (χ2n) is 4.65. The third kappa shape index (κ3) is 4.15. The second kappa shape index (κ2) is 5.53. The van der Waals surface area contributed by atoms with Gasteiger partial charge in [-0.1, -0.05) is 0 Å². The van der Waals surface area contributed by atoms with Gasteiger partial charge in [-0.3, -0.25) is 4.90 Å². The Balaban J connectivity index is 4.99. The molecule has 0 aliphatic rings. The standard InChI is InChI=1S/C10H15F4NO3/c1-9(2,3)18-8(17)15(4)6(5-16)10(13,14)7(11)12/h5-7H,1-4H3. The summed E-state index contributed by atoms with van der Waals surface area (Å²) in [6, 6.07) is -2.58. The van der Waals surface area contributed by atoms with Crippen molar-refractivity contribution in [2.75, 3.05) is 7.05 Å². The number of likely N-dealkylation sites (N-methyl/N-ethyl adjacent to an activating group) is 1. The molecular formula is C10H15F4NO3. The molecule has 0 N–H and O–H groups in total. The highest BCUT2D eigenvalue weighted by molar-refractivity contribution is 5.74. The van der Waals surface area contributed by atoms with Crippen LogP contribution in [0, 0.1) is 0 Å². The van der Waals surface area contributed by atoms with Gasteiger partial charge in [0.05, 0.1) is 0 Å². The number of hydrogen-bond acceptors (Lipinski definition) is 3. The Kier molecular flexibility index (Phi) is 5.12. The van der Waals surface area contributed by atoms with Crippen molar-refractivity contribution in [2.24, 2.45) is 0 Å². The van der Waals surface area contributed by atoms with Gasteiger partial charge in [-0.25, -0.2) is 13.6 Å². The number of nitrogens with zero attached hydrogens (tertiary/aromatic N) is 1. The summed E-state index contributed by atoms with van der Waals surface area (Å²) in [6.45, 7) is 4.42. The average molecular weight is 273 g/mol. The monoisotopic (exact) mass is 273 g/mol. The number of aldehydes is 1. The van der Waals surface area contributed by atoms with Gasteiger partial charge in [0.25, 0.3) is 0 Å². The van der Waals surface area contributed by atoms with Crippen LogP contribution < -0.4 is 0 Å². The van der Waals surface area contributed by atoms with Gasteiger partial charge in [0.15, 0.2) is 6.04 Å². The Morgan fingerprint density at radius 3 is 2.00 bits per heavy atom. The normalized spacial score (nSPS) is 14.3. The highest BCUT2D eigenvalue weighted by Gasteiger charge is 2.52. The van der Waals surface area contributed by atoms with Gasteiger partial charge in [0, 0.05) is 7.05 Å². The number of halogens is 4. The molecule has 4 nitrogen and oxygen atoms in total. The van der Waals surface area contributed by atoms with E-state index in [1.54, 1.807) is 0 Å². The summed E-state index contributed by atoms with van der Waals surface area (Å²) in [4.78, 5) is 22.1. The lowest BCUT2D eigenvalue weighted by atomic mass is 10.1. The van der Waals surface area contributed by atoms with Crippen LogP contribution in [0.15, 0.2) is 0 Å². The Morgan fingerprint density at radius 1 is 1.28 bits per heavy atom. The van der Waals surface area contributed by atoms with Gasteiger partial charge in [0.1, 0.15) is 11.9 Å². The Hall–Kier alpha value is -1.34. The molecule has 1 amide bonds. The quantitative estimate of drug-likeness (QED) is 0.583. The van der Waals surface area contributed by atoms with Crippen molar-refractivity contribution in [1.29, 1.82) is 0 Å². The van der Waals surface area contributed by atoms with Gasteiger partial charge in [-0.2, -0.15) is 8.78 Å². The maximum absolute atomic E-state index is 13.0. The summed E-state index contributed by atoms with van der Waals surface area (Å²) in [7, 11) is 0.795. The van der Waals surface area contributed by atoms with E-state index in [9.17, 15) is 27.2 Å². The SMILES string of the molecule is CN(C(=O)OC(C)(C)C)C(C=O)C(F)(F)C(F)F. The number of hydrogen-bond donors (Lipinski definition) is 0. The van der Waals surface area contributed by atoms with Gasteiger partial charge < -0.3 is 9.53 Å². The molecule has 1 atom stereocenters. The van der Waals surface area contributed by atoms with Crippen LogP contribution in [-0.4, -0.2) is 48.3 Å². The molecule has 8 heteroatoms. The zero-order valence-electron chi connectivity index (χ0n) is 10.4. The number of alkyl halides is 4. The largest absolute Gasteiger partial charge is 0.444 e. The van der Waals surface area contributed by atoms with E-state index in [2.05, 4.69) is 0 Å². The van der Waals surface area contributed by atoms with E-state index in [0.29, 0.717) is 0 Å². The molecule has 0 aromatic heterocycles. The maximum atomic E-state index is 13.0. The first-order valence-electron chi connectivity index (χ1n) is 5.00. The van der Waals surface area contributed by atoms with Crippen molar-refractivity contribution in [3.63, 3.8) is 0 Å². The van der Waals surface area contributed by atoms with E-state index >= 15 is 0 Å². The molecule has 0 aliphatic carbocycles. The molecule has 0 fully saturated rings. The first kappa shape index (κ1) is 16.7. The number of amides is 1. The summed E-state index contributed by atoms with van der Waals surface area (Å²) >= 11 is 0. The van der Waals surface area contributed by atoms with Crippen molar-refractivity contribution in [3.8, 4) is 0 Å². The molecule has 1 unspecified atom stereocenters. The fraction of sp³-hybridized carbons (Fsp3) is 0.800. The molecule has 0 rings (SSSR count). The zero-order chi connectivity index (χ0) is 14.7. The molecule has 0 radical (unpaired) electrons. The Bertz CT molecular complexity index is 315. The summed E-state index contributed by atoms with van der Waals surface area (Å²) < 4.78 is 55.0. The van der Waals surface area contributed by atoms with Crippen molar-refractivity contribution in [3.05, 3.63) is 0 Å². The van der Waals surface area contributed by atoms with Crippen LogP contribution in [0.25, 0.3) is 0 Å². The molecule has 0 aromatic rings. The summed E-state index contributed by atoms with van der Waals surface area (Å²) in [6.07, 6.45) is -5.74. The van der Waals surface area contributed by atoms with E-state index < -0.39 is 36.4 Å². The van der Waals surface area contributed by atoms with Crippen molar-refractivity contribution in [2.45, 2.75) is 44.8 Å². The lowest BCUT2D eigenvalue weighted by molar-refractivity contribution is -0.170. The smallest absolute Gasteiger partial charge is 0.410 e.